The Hall–Kier alpha value is -2.10. The van der Waals surface area contributed by atoms with Crippen LogP contribution in [0.4, 0.5) is 0 Å². The average molecular weight is 259 g/mol. The van der Waals surface area contributed by atoms with Gasteiger partial charge in [0.1, 0.15) is 5.75 Å². The van der Waals surface area contributed by atoms with Gasteiger partial charge in [0.15, 0.2) is 0 Å². The van der Waals surface area contributed by atoms with Gasteiger partial charge in [-0.15, -0.1) is 0 Å². The van der Waals surface area contributed by atoms with Crippen LogP contribution >= 0.6 is 0 Å². The third-order valence-corrected chi connectivity index (χ3v) is 2.98. The second-order valence-corrected chi connectivity index (χ2v) is 4.56. The first-order valence-electron chi connectivity index (χ1n) is 6.40. The van der Waals surface area contributed by atoms with Crippen LogP contribution in [0.15, 0.2) is 30.5 Å². The van der Waals surface area contributed by atoms with E-state index in [9.17, 15) is 9.90 Å². The van der Waals surface area contributed by atoms with Crippen molar-refractivity contribution in [2.75, 3.05) is 0 Å². The van der Waals surface area contributed by atoms with Crippen molar-refractivity contribution in [1.82, 2.24) is 4.98 Å². The Morgan fingerprint density at radius 2 is 2.21 bits per heavy atom. The maximum absolute atomic E-state index is 11.2. The van der Waals surface area contributed by atoms with Crippen molar-refractivity contribution in [2.45, 2.75) is 32.8 Å². The summed E-state index contributed by atoms with van der Waals surface area (Å²) in [6, 6.07) is 6.87. The lowest BCUT2D eigenvalue weighted by molar-refractivity contribution is 0.0699. The molecule has 0 aliphatic carbocycles. The number of rotatable bonds is 5. The summed E-state index contributed by atoms with van der Waals surface area (Å²) in [5.41, 5.74) is 0.911. The predicted octanol–water partition coefficient (Wildman–Crippen LogP) is 3.50. The monoisotopic (exact) mass is 259 g/mol. The SMILES string of the molecule is CCCC(C)Oc1ccc2nccc(C(=O)O)c2c1. The quantitative estimate of drug-likeness (QED) is 0.892. The number of ether oxygens (including phenoxy) is 1. The summed E-state index contributed by atoms with van der Waals surface area (Å²) in [5, 5.41) is 9.78. The van der Waals surface area contributed by atoms with Gasteiger partial charge in [0.2, 0.25) is 0 Å². The minimum absolute atomic E-state index is 0.118. The van der Waals surface area contributed by atoms with Crippen LogP contribution in [0, 0.1) is 0 Å². The van der Waals surface area contributed by atoms with Crippen LogP contribution in [0.2, 0.25) is 0 Å². The smallest absolute Gasteiger partial charge is 0.336 e. The lowest BCUT2D eigenvalue weighted by atomic mass is 10.1. The Kier molecular flexibility index (Phi) is 4.00. The van der Waals surface area contributed by atoms with Crippen LogP contribution in [-0.2, 0) is 0 Å². The first kappa shape index (κ1) is 13.3. The van der Waals surface area contributed by atoms with Gasteiger partial charge in [-0.3, -0.25) is 4.98 Å². The van der Waals surface area contributed by atoms with E-state index in [4.69, 9.17) is 4.74 Å². The summed E-state index contributed by atoms with van der Waals surface area (Å²) in [7, 11) is 0. The second kappa shape index (κ2) is 5.69. The zero-order chi connectivity index (χ0) is 13.8. The molecule has 0 saturated carbocycles. The Morgan fingerprint density at radius 1 is 1.42 bits per heavy atom. The van der Waals surface area contributed by atoms with Crippen LogP contribution < -0.4 is 4.74 Å². The molecular weight excluding hydrogens is 242 g/mol. The summed E-state index contributed by atoms with van der Waals surface area (Å²) < 4.78 is 5.78. The van der Waals surface area contributed by atoms with Crippen molar-refractivity contribution >= 4 is 16.9 Å². The molecule has 0 fully saturated rings. The Bertz CT molecular complexity index is 595. The van der Waals surface area contributed by atoms with Gasteiger partial charge in [-0.05, 0) is 37.6 Å². The first-order chi connectivity index (χ1) is 9.11. The highest BCUT2D eigenvalue weighted by Gasteiger charge is 2.10. The lowest BCUT2D eigenvalue weighted by Crippen LogP contribution is -2.11. The number of benzene rings is 1. The van der Waals surface area contributed by atoms with Crippen molar-refractivity contribution < 1.29 is 14.6 Å². The summed E-state index contributed by atoms with van der Waals surface area (Å²) >= 11 is 0. The fraction of sp³-hybridized carbons (Fsp3) is 0.333. The molecule has 0 amide bonds. The van der Waals surface area contributed by atoms with Crippen molar-refractivity contribution in [1.29, 1.82) is 0 Å². The third-order valence-electron chi connectivity index (χ3n) is 2.98. The molecule has 1 aromatic heterocycles. The highest BCUT2D eigenvalue weighted by Crippen LogP contribution is 2.24. The number of nitrogens with zero attached hydrogens (tertiary/aromatic N) is 1. The van der Waals surface area contributed by atoms with Gasteiger partial charge in [0.25, 0.3) is 0 Å². The van der Waals surface area contributed by atoms with Crippen LogP contribution in [0.1, 0.15) is 37.0 Å². The third kappa shape index (κ3) is 3.02. The molecule has 0 aliphatic rings. The van der Waals surface area contributed by atoms with E-state index in [1.54, 1.807) is 12.1 Å². The van der Waals surface area contributed by atoms with Crippen molar-refractivity contribution in [3.63, 3.8) is 0 Å². The van der Waals surface area contributed by atoms with E-state index in [1.807, 2.05) is 13.0 Å². The molecule has 0 radical (unpaired) electrons. The summed E-state index contributed by atoms with van der Waals surface area (Å²) in [5.74, 6) is -0.268. The molecule has 4 nitrogen and oxygen atoms in total. The Balaban J connectivity index is 2.38. The summed E-state index contributed by atoms with van der Waals surface area (Å²) in [4.78, 5) is 15.3. The van der Waals surface area contributed by atoms with Gasteiger partial charge in [-0.1, -0.05) is 13.3 Å². The lowest BCUT2D eigenvalue weighted by Gasteiger charge is -2.14. The number of fused-ring (bicyclic) bond motifs is 1. The van der Waals surface area contributed by atoms with E-state index < -0.39 is 5.97 Å². The van der Waals surface area contributed by atoms with Crippen LogP contribution in [0.5, 0.6) is 5.75 Å². The van der Waals surface area contributed by atoms with Crippen LogP contribution in [0.25, 0.3) is 10.9 Å². The maximum Gasteiger partial charge on any atom is 0.336 e. The van der Waals surface area contributed by atoms with Gasteiger partial charge < -0.3 is 9.84 Å². The maximum atomic E-state index is 11.2. The number of carbonyl (C=O) groups is 1. The average Bonchev–Trinajstić information content (AvgIpc) is 2.38. The minimum Gasteiger partial charge on any atom is -0.491 e. The summed E-state index contributed by atoms with van der Waals surface area (Å²) in [6.07, 6.45) is 3.65. The zero-order valence-electron chi connectivity index (χ0n) is 11.1. The summed E-state index contributed by atoms with van der Waals surface area (Å²) in [6.45, 7) is 4.11. The number of hydrogen-bond donors (Lipinski definition) is 1. The zero-order valence-corrected chi connectivity index (χ0v) is 11.1. The molecule has 19 heavy (non-hydrogen) atoms. The number of carboxylic acid groups (broad SMARTS) is 1. The normalized spacial score (nSPS) is 12.3. The molecule has 1 atom stereocenters. The van der Waals surface area contributed by atoms with Gasteiger partial charge in [0.05, 0.1) is 17.2 Å². The number of carboxylic acids is 1. The van der Waals surface area contributed by atoms with E-state index >= 15 is 0 Å². The number of hydrogen-bond acceptors (Lipinski definition) is 3. The molecule has 2 aromatic rings. The molecule has 0 bridgehead atoms. The van der Waals surface area contributed by atoms with E-state index in [1.165, 1.54) is 12.3 Å². The van der Waals surface area contributed by atoms with Crippen LogP contribution in [-0.4, -0.2) is 22.2 Å². The van der Waals surface area contributed by atoms with Crippen molar-refractivity contribution in [3.05, 3.63) is 36.0 Å². The van der Waals surface area contributed by atoms with Crippen molar-refractivity contribution in [3.8, 4) is 5.75 Å². The Morgan fingerprint density at radius 3 is 2.89 bits per heavy atom. The van der Waals surface area contributed by atoms with Crippen LogP contribution in [0.3, 0.4) is 0 Å². The fourth-order valence-electron chi connectivity index (χ4n) is 2.08. The molecule has 1 heterocycles. The van der Waals surface area contributed by atoms with Gasteiger partial charge in [-0.25, -0.2) is 4.79 Å². The molecule has 0 aliphatic heterocycles. The van der Waals surface area contributed by atoms with E-state index in [0.717, 1.165) is 12.8 Å². The van der Waals surface area contributed by atoms with Gasteiger partial charge >= 0.3 is 5.97 Å². The number of aromatic nitrogens is 1. The molecule has 100 valence electrons. The van der Waals surface area contributed by atoms with E-state index in [0.29, 0.717) is 16.7 Å². The molecule has 1 aromatic carbocycles. The standard InChI is InChI=1S/C15H17NO3/c1-3-4-10(2)19-11-5-6-14-13(9-11)12(15(17)18)7-8-16-14/h5-10H,3-4H2,1-2H3,(H,17,18). The number of aromatic carboxylic acids is 1. The topological polar surface area (TPSA) is 59.4 Å². The molecule has 2 rings (SSSR count). The molecule has 0 spiro atoms. The molecule has 4 heteroatoms. The number of pyridine rings is 1. The van der Waals surface area contributed by atoms with E-state index in [2.05, 4.69) is 11.9 Å². The highest BCUT2D eigenvalue weighted by molar-refractivity contribution is 6.02. The minimum atomic E-state index is -0.953. The largest absolute Gasteiger partial charge is 0.491 e. The molecular formula is C15H17NO3. The van der Waals surface area contributed by atoms with Crippen molar-refractivity contribution in [2.24, 2.45) is 0 Å². The molecule has 1 unspecified atom stereocenters. The Labute approximate surface area is 112 Å². The molecule has 1 N–H and O–H groups in total. The second-order valence-electron chi connectivity index (χ2n) is 4.56. The van der Waals surface area contributed by atoms with E-state index in [-0.39, 0.29) is 11.7 Å². The fourth-order valence-corrected chi connectivity index (χ4v) is 2.08. The highest BCUT2D eigenvalue weighted by atomic mass is 16.5. The predicted molar refractivity (Wildman–Crippen MR) is 73.7 cm³/mol. The van der Waals surface area contributed by atoms with Gasteiger partial charge in [0, 0.05) is 11.6 Å². The first-order valence-corrected chi connectivity index (χ1v) is 6.40. The van der Waals surface area contributed by atoms with Gasteiger partial charge in [-0.2, -0.15) is 0 Å². The molecule has 0 saturated heterocycles.